The van der Waals surface area contributed by atoms with Crippen molar-refractivity contribution in [2.45, 2.75) is 44.5 Å². The van der Waals surface area contributed by atoms with E-state index in [0.717, 1.165) is 36.9 Å². The summed E-state index contributed by atoms with van der Waals surface area (Å²) in [5, 5.41) is 0. The van der Waals surface area contributed by atoms with Crippen LogP contribution in [-0.4, -0.2) is 36.1 Å². The van der Waals surface area contributed by atoms with Crippen LogP contribution in [0.5, 0.6) is 0 Å². The van der Waals surface area contributed by atoms with Gasteiger partial charge in [-0.3, -0.25) is 9.78 Å². The molecule has 6 rings (SSSR count). The molecule has 0 amide bonds. The molecule has 0 N–H and O–H groups in total. The lowest BCUT2D eigenvalue weighted by Gasteiger charge is -2.49. The Morgan fingerprint density at radius 1 is 1.06 bits per heavy atom. The number of pyridine rings is 1. The van der Waals surface area contributed by atoms with Crippen LogP contribution in [0.2, 0.25) is 0 Å². The third-order valence-electron chi connectivity index (χ3n) is 8.34. The third-order valence-corrected chi connectivity index (χ3v) is 8.34. The second-order valence-corrected chi connectivity index (χ2v) is 10.1. The fourth-order valence-electron chi connectivity index (χ4n) is 6.86. The van der Waals surface area contributed by atoms with E-state index in [1.807, 2.05) is 24.4 Å². The highest BCUT2D eigenvalue weighted by Crippen LogP contribution is 2.56. The quantitative estimate of drug-likeness (QED) is 0.614. The van der Waals surface area contributed by atoms with Gasteiger partial charge in [-0.15, -0.1) is 0 Å². The van der Waals surface area contributed by atoms with Gasteiger partial charge in [-0.25, -0.2) is 0 Å². The van der Waals surface area contributed by atoms with Gasteiger partial charge in [0, 0.05) is 30.5 Å². The van der Waals surface area contributed by atoms with Crippen LogP contribution >= 0.6 is 0 Å². The zero-order valence-corrected chi connectivity index (χ0v) is 19.1. The average Bonchev–Trinajstić information content (AvgIpc) is 3.41. The molecule has 172 valence electrons. The summed E-state index contributed by atoms with van der Waals surface area (Å²) in [5.41, 5.74) is 3.23. The average molecular weight is 446 g/mol. The van der Waals surface area contributed by atoms with E-state index < -0.39 is 5.79 Å². The molecule has 0 radical (unpaired) electrons. The lowest BCUT2D eigenvalue weighted by atomic mass is 9.56. The van der Waals surface area contributed by atoms with Gasteiger partial charge in [0.1, 0.15) is 6.10 Å². The molecule has 4 fully saturated rings. The first-order chi connectivity index (χ1) is 16.1. The number of ether oxygens (including phenoxy) is 3. The third kappa shape index (κ3) is 3.81. The van der Waals surface area contributed by atoms with Crippen molar-refractivity contribution < 1.29 is 19.0 Å². The molecule has 5 nitrogen and oxygen atoms in total. The highest BCUT2D eigenvalue weighted by Gasteiger charge is 2.57. The molecule has 6 atom stereocenters. The van der Waals surface area contributed by atoms with Crippen LogP contribution in [0.3, 0.4) is 0 Å². The summed E-state index contributed by atoms with van der Waals surface area (Å²) >= 11 is 0. The summed E-state index contributed by atoms with van der Waals surface area (Å²) in [4.78, 5) is 17.4. The minimum absolute atomic E-state index is 0.0254. The molecule has 1 spiro atoms. The molecule has 2 aliphatic carbocycles. The second kappa shape index (κ2) is 8.37. The molecule has 33 heavy (non-hydrogen) atoms. The van der Waals surface area contributed by atoms with Crippen LogP contribution < -0.4 is 0 Å². The summed E-state index contributed by atoms with van der Waals surface area (Å²) in [6, 6.07) is 14.5. The van der Waals surface area contributed by atoms with E-state index in [9.17, 15) is 4.79 Å². The Kier molecular flexibility index (Phi) is 5.34. The maximum Gasteiger partial charge on any atom is 0.309 e. The molecule has 2 saturated heterocycles. The van der Waals surface area contributed by atoms with E-state index in [-0.39, 0.29) is 23.9 Å². The number of nitrogens with zero attached hydrogens (tertiary/aromatic N) is 1. The first kappa shape index (κ1) is 21.1. The first-order valence-corrected chi connectivity index (χ1v) is 12.3. The van der Waals surface area contributed by atoms with Gasteiger partial charge in [-0.2, -0.15) is 0 Å². The monoisotopic (exact) mass is 445 g/mol. The van der Waals surface area contributed by atoms with Crippen LogP contribution in [0.1, 0.15) is 38.3 Å². The van der Waals surface area contributed by atoms with E-state index in [0.29, 0.717) is 31.0 Å². The van der Waals surface area contributed by atoms with Gasteiger partial charge in [-0.1, -0.05) is 42.5 Å². The highest BCUT2D eigenvalue weighted by atomic mass is 16.7. The smallest absolute Gasteiger partial charge is 0.309 e. The fourth-order valence-corrected chi connectivity index (χ4v) is 6.86. The number of hydrogen-bond acceptors (Lipinski definition) is 5. The van der Waals surface area contributed by atoms with Crippen molar-refractivity contribution in [3.8, 4) is 11.1 Å². The van der Waals surface area contributed by atoms with Gasteiger partial charge in [0.05, 0.1) is 24.8 Å². The number of carbonyl (C=O) groups excluding carboxylic acids is 1. The van der Waals surface area contributed by atoms with Gasteiger partial charge in [0.15, 0.2) is 5.79 Å². The standard InChI is InChI=1S/C28H31NO4/c1-18-26-24(10-9-22-8-7-20(17-29-22)19-5-3-2-4-6-19)23-11-12-28(31-13-14-32-28)16-21(23)15-25(26)27(30)33-18/h2-10,17-18,21,23-26H,11-16H2,1H3/b10-9+. The number of fused-ring (bicyclic) bond motifs is 2. The Bertz CT molecular complexity index is 1030. The Balaban J connectivity index is 1.26. The Hall–Kier alpha value is -2.50. The fraction of sp³-hybridized carbons (Fsp3) is 0.500. The molecule has 2 aliphatic heterocycles. The summed E-state index contributed by atoms with van der Waals surface area (Å²) in [6.07, 6.45) is 10.1. The predicted molar refractivity (Wildman–Crippen MR) is 125 cm³/mol. The lowest BCUT2D eigenvalue weighted by Crippen LogP contribution is -2.49. The van der Waals surface area contributed by atoms with Gasteiger partial charge in [-0.05, 0) is 55.2 Å². The van der Waals surface area contributed by atoms with Crippen molar-refractivity contribution in [1.29, 1.82) is 0 Å². The zero-order valence-electron chi connectivity index (χ0n) is 19.1. The summed E-state index contributed by atoms with van der Waals surface area (Å²) in [7, 11) is 0. The topological polar surface area (TPSA) is 57.7 Å². The maximum absolute atomic E-state index is 12.7. The molecule has 1 aromatic carbocycles. The van der Waals surface area contributed by atoms with Crippen molar-refractivity contribution in [2.24, 2.45) is 29.6 Å². The predicted octanol–water partition coefficient (Wildman–Crippen LogP) is 5.12. The van der Waals surface area contributed by atoms with Crippen molar-refractivity contribution in [3.05, 3.63) is 60.4 Å². The van der Waals surface area contributed by atoms with Crippen LogP contribution in [0, 0.1) is 29.6 Å². The normalized spacial score (nSPS) is 34.9. The van der Waals surface area contributed by atoms with Crippen molar-refractivity contribution in [3.63, 3.8) is 0 Å². The largest absolute Gasteiger partial charge is 0.462 e. The SMILES string of the molecule is CC1OC(=O)C2CC3CC4(CCC3C(/C=C/c3ccc(-c5ccccc5)cn3)C12)OCCO4. The van der Waals surface area contributed by atoms with E-state index >= 15 is 0 Å². The molecule has 1 aromatic heterocycles. The molecule has 2 aromatic rings. The number of benzene rings is 1. The van der Waals surface area contributed by atoms with Crippen LogP contribution in [0.15, 0.2) is 54.7 Å². The molecule has 2 saturated carbocycles. The minimum atomic E-state index is -0.425. The maximum atomic E-state index is 12.7. The zero-order chi connectivity index (χ0) is 22.4. The molecule has 4 aliphatic rings. The number of cyclic esters (lactones) is 1. The number of rotatable bonds is 3. The van der Waals surface area contributed by atoms with Crippen LogP contribution in [0.4, 0.5) is 0 Å². The molecule has 3 heterocycles. The van der Waals surface area contributed by atoms with Gasteiger partial charge >= 0.3 is 5.97 Å². The number of hydrogen-bond donors (Lipinski definition) is 0. The summed E-state index contributed by atoms with van der Waals surface area (Å²) in [5.74, 6) is 0.983. The molecule has 5 heteroatoms. The van der Waals surface area contributed by atoms with E-state index in [2.05, 4.69) is 43.3 Å². The van der Waals surface area contributed by atoms with Gasteiger partial charge in [0.2, 0.25) is 0 Å². The number of allylic oxidation sites excluding steroid dienone is 1. The summed E-state index contributed by atoms with van der Waals surface area (Å²) in [6.45, 7) is 3.41. The molecular formula is C28H31NO4. The summed E-state index contributed by atoms with van der Waals surface area (Å²) < 4.78 is 17.8. The van der Waals surface area contributed by atoms with Crippen LogP contribution in [-0.2, 0) is 19.0 Å². The van der Waals surface area contributed by atoms with Gasteiger partial charge in [0.25, 0.3) is 0 Å². The van der Waals surface area contributed by atoms with Gasteiger partial charge < -0.3 is 14.2 Å². The highest BCUT2D eigenvalue weighted by molar-refractivity contribution is 5.75. The second-order valence-electron chi connectivity index (χ2n) is 10.1. The first-order valence-electron chi connectivity index (χ1n) is 12.3. The lowest BCUT2D eigenvalue weighted by molar-refractivity contribution is -0.204. The number of aromatic nitrogens is 1. The van der Waals surface area contributed by atoms with Crippen molar-refractivity contribution >= 4 is 12.0 Å². The number of esters is 1. The van der Waals surface area contributed by atoms with Crippen molar-refractivity contribution in [1.82, 2.24) is 4.98 Å². The Morgan fingerprint density at radius 2 is 1.88 bits per heavy atom. The van der Waals surface area contributed by atoms with E-state index in [1.54, 1.807) is 0 Å². The molecule has 6 unspecified atom stereocenters. The molecule has 0 bridgehead atoms. The van der Waals surface area contributed by atoms with Crippen molar-refractivity contribution in [2.75, 3.05) is 13.2 Å². The molecular weight excluding hydrogens is 414 g/mol. The van der Waals surface area contributed by atoms with E-state index in [4.69, 9.17) is 19.2 Å². The van der Waals surface area contributed by atoms with E-state index in [1.165, 1.54) is 5.56 Å². The number of carbonyl (C=O) groups is 1. The Labute approximate surface area is 195 Å². The van der Waals surface area contributed by atoms with Crippen LogP contribution in [0.25, 0.3) is 17.2 Å². The minimum Gasteiger partial charge on any atom is -0.462 e. The Morgan fingerprint density at radius 3 is 2.64 bits per heavy atom.